The molecule has 0 aliphatic heterocycles. The first kappa shape index (κ1) is 16.1. The van der Waals surface area contributed by atoms with E-state index in [1.54, 1.807) is 0 Å². The van der Waals surface area contributed by atoms with E-state index < -0.39 is 0 Å². The predicted molar refractivity (Wildman–Crippen MR) is 79.1 cm³/mol. The van der Waals surface area contributed by atoms with E-state index in [0.29, 0.717) is 24.8 Å². The largest absolute Gasteiger partial charge is 0.494 e. The summed E-state index contributed by atoms with van der Waals surface area (Å²) in [6.45, 7) is 7.63. The molecule has 5 nitrogen and oxygen atoms in total. The Balaban J connectivity index is 2.18. The molecule has 20 heavy (non-hydrogen) atoms. The first-order valence-electron chi connectivity index (χ1n) is 6.99. The van der Waals surface area contributed by atoms with Crippen LogP contribution in [0.5, 0.6) is 11.5 Å². The Bertz CT molecular complexity index is 391. The number of hydrogen-bond acceptors (Lipinski definition) is 3. The van der Waals surface area contributed by atoms with Gasteiger partial charge in [0.05, 0.1) is 6.61 Å². The van der Waals surface area contributed by atoms with Gasteiger partial charge in [-0.1, -0.05) is 13.8 Å². The summed E-state index contributed by atoms with van der Waals surface area (Å²) in [4.78, 5) is 11.4. The molecular weight excluding hydrogens is 256 g/mol. The van der Waals surface area contributed by atoms with E-state index >= 15 is 0 Å². The van der Waals surface area contributed by atoms with E-state index in [9.17, 15) is 4.79 Å². The SMILES string of the molecule is CCOc1ccc(OCNC(=O)NCCC(C)C)cc1. The predicted octanol–water partition coefficient (Wildman–Crippen LogP) is 2.77. The second-order valence-electron chi connectivity index (χ2n) is 4.81. The van der Waals surface area contributed by atoms with Crippen LogP contribution in [0.4, 0.5) is 4.79 Å². The zero-order valence-electron chi connectivity index (χ0n) is 12.4. The minimum absolute atomic E-state index is 0.140. The van der Waals surface area contributed by atoms with E-state index in [2.05, 4.69) is 24.5 Å². The number of hydrogen-bond donors (Lipinski definition) is 2. The zero-order valence-corrected chi connectivity index (χ0v) is 12.4. The van der Waals surface area contributed by atoms with E-state index in [1.807, 2.05) is 31.2 Å². The van der Waals surface area contributed by atoms with Gasteiger partial charge in [0.1, 0.15) is 11.5 Å². The number of carbonyl (C=O) groups is 1. The molecule has 5 heteroatoms. The number of ether oxygens (including phenoxy) is 2. The quantitative estimate of drug-likeness (QED) is 0.720. The topological polar surface area (TPSA) is 59.6 Å². The molecular formula is C15H24N2O3. The number of rotatable bonds is 8. The van der Waals surface area contributed by atoms with Crippen molar-refractivity contribution in [1.29, 1.82) is 0 Å². The average Bonchev–Trinajstić information content (AvgIpc) is 2.40. The minimum atomic E-state index is -0.211. The van der Waals surface area contributed by atoms with Crippen LogP contribution < -0.4 is 20.1 Å². The Morgan fingerprint density at radius 3 is 2.25 bits per heavy atom. The molecule has 0 spiro atoms. The molecule has 0 heterocycles. The molecule has 0 aliphatic rings. The Morgan fingerprint density at radius 1 is 1.10 bits per heavy atom. The molecule has 1 aromatic carbocycles. The molecule has 0 saturated heterocycles. The third kappa shape index (κ3) is 6.87. The van der Waals surface area contributed by atoms with E-state index in [0.717, 1.165) is 12.2 Å². The van der Waals surface area contributed by atoms with Gasteiger partial charge < -0.3 is 20.1 Å². The van der Waals surface area contributed by atoms with Crippen LogP contribution in [0, 0.1) is 5.92 Å². The highest BCUT2D eigenvalue weighted by Crippen LogP contribution is 2.17. The fourth-order valence-corrected chi connectivity index (χ4v) is 1.52. The van der Waals surface area contributed by atoms with E-state index in [1.165, 1.54) is 0 Å². The summed E-state index contributed by atoms with van der Waals surface area (Å²) >= 11 is 0. The van der Waals surface area contributed by atoms with Gasteiger partial charge in [-0.2, -0.15) is 0 Å². The monoisotopic (exact) mass is 280 g/mol. The van der Waals surface area contributed by atoms with Gasteiger partial charge in [0.2, 0.25) is 0 Å². The third-order valence-electron chi connectivity index (χ3n) is 2.61. The molecule has 0 fully saturated rings. The fourth-order valence-electron chi connectivity index (χ4n) is 1.52. The molecule has 1 rings (SSSR count). The number of benzene rings is 1. The maximum atomic E-state index is 11.4. The summed E-state index contributed by atoms with van der Waals surface area (Å²) in [5.74, 6) is 2.07. The molecule has 0 aromatic heterocycles. The maximum absolute atomic E-state index is 11.4. The molecule has 1 aromatic rings. The van der Waals surface area contributed by atoms with Crippen LogP contribution in [-0.2, 0) is 0 Å². The van der Waals surface area contributed by atoms with Crippen LogP contribution in [0.15, 0.2) is 24.3 Å². The Hall–Kier alpha value is -1.91. The van der Waals surface area contributed by atoms with Crippen LogP contribution in [0.2, 0.25) is 0 Å². The lowest BCUT2D eigenvalue weighted by Gasteiger charge is -2.10. The van der Waals surface area contributed by atoms with Gasteiger partial charge in [-0.25, -0.2) is 4.79 Å². The van der Waals surface area contributed by atoms with E-state index in [-0.39, 0.29) is 12.8 Å². The highest BCUT2D eigenvalue weighted by atomic mass is 16.5. The number of urea groups is 1. The van der Waals surface area contributed by atoms with Crippen molar-refractivity contribution < 1.29 is 14.3 Å². The van der Waals surface area contributed by atoms with Gasteiger partial charge in [-0.3, -0.25) is 0 Å². The van der Waals surface area contributed by atoms with Gasteiger partial charge in [0, 0.05) is 6.54 Å². The van der Waals surface area contributed by atoms with Crippen LogP contribution >= 0.6 is 0 Å². The lowest BCUT2D eigenvalue weighted by atomic mass is 10.1. The van der Waals surface area contributed by atoms with Gasteiger partial charge in [0.25, 0.3) is 0 Å². The summed E-state index contributed by atoms with van der Waals surface area (Å²) in [5.41, 5.74) is 0. The molecule has 2 N–H and O–H groups in total. The van der Waals surface area contributed by atoms with Gasteiger partial charge in [0.15, 0.2) is 6.73 Å². The van der Waals surface area contributed by atoms with Gasteiger partial charge >= 0.3 is 6.03 Å². The second kappa shape index (κ2) is 9.07. The molecule has 2 amide bonds. The highest BCUT2D eigenvalue weighted by molar-refractivity contribution is 5.73. The normalized spacial score (nSPS) is 10.2. The van der Waals surface area contributed by atoms with Crippen LogP contribution in [0.25, 0.3) is 0 Å². The lowest BCUT2D eigenvalue weighted by Crippen LogP contribution is -2.38. The van der Waals surface area contributed by atoms with Gasteiger partial charge in [-0.05, 0) is 43.5 Å². The summed E-state index contributed by atoms with van der Waals surface area (Å²) in [5, 5.41) is 5.42. The highest BCUT2D eigenvalue weighted by Gasteiger charge is 2.01. The Morgan fingerprint density at radius 2 is 1.70 bits per heavy atom. The number of amides is 2. The van der Waals surface area contributed by atoms with Crippen molar-refractivity contribution in [1.82, 2.24) is 10.6 Å². The lowest BCUT2D eigenvalue weighted by molar-refractivity contribution is 0.223. The number of nitrogens with one attached hydrogen (secondary N) is 2. The molecule has 0 saturated carbocycles. The van der Waals surface area contributed by atoms with Crippen molar-refractivity contribution in [2.24, 2.45) is 5.92 Å². The standard InChI is InChI=1S/C15H24N2O3/c1-4-19-13-5-7-14(8-6-13)20-11-17-15(18)16-10-9-12(2)3/h5-8,12H,4,9-11H2,1-3H3,(H2,16,17,18). The molecule has 0 aliphatic carbocycles. The van der Waals surface area contributed by atoms with Crippen molar-refractivity contribution in [3.05, 3.63) is 24.3 Å². The van der Waals surface area contributed by atoms with Crippen LogP contribution in [0.1, 0.15) is 27.2 Å². The maximum Gasteiger partial charge on any atom is 0.317 e. The fraction of sp³-hybridized carbons (Fsp3) is 0.533. The molecule has 0 radical (unpaired) electrons. The first-order valence-corrected chi connectivity index (χ1v) is 6.99. The summed E-state index contributed by atoms with van der Waals surface area (Å²) < 4.78 is 10.7. The van der Waals surface area contributed by atoms with Crippen molar-refractivity contribution in [2.45, 2.75) is 27.2 Å². The van der Waals surface area contributed by atoms with Crippen molar-refractivity contribution >= 4 is 6.03 Å². The summed E-state index contributed by atoms with van der Waals surface area (Å²) in [6, 6.07) is 7.08. The summed E-state index contributed by atoms with van der Waals surface area (Å²) in [7, 11) is 0. The smallest absolute Gasteiger partial charge is 0.317 e. The minimum Gasteiger partial charge on any atom is -0.494 e. The Kier molecular flexibility index (Phi) is 7.32. The van der Waals surface area contributed by atoms with Crippen molar-refractivity contribution in [3.8, 4) is 11.5 Å². The summed E-state index contributed by atoms with van der Waals surface area (Å²) in [6.07, 6.45) is 0.965. The van der Waals surface area contributed by atoms with Crippen LogP contribution in [-0.4, -0.2) is 25.9 Å². The van der Waals surface area contributed by atoms with Gasteiger partial charge in [-0.15, -0.1) is 0 Å². The molecule has 112 valence electrons. The second-order valence-corrected chi connectivity index (χ2v) is 4.81. The average molecular weight is 280 g/mol. The molecule has 0 bridgehead atoms. The third-order valence-corrected chi connectivity index (χ3v) is 2.61. The van der Waals surface area contributed by atoms with Crippen molar-refractivity contribution in [3.63, 3.8) is 0 Å². The number of carbonyl (C=O) groups excluding carboxylic acids is 1. The van der Waals surface area contributed by atoms with E-state index in [4.69, 9.17) is 9.47 Å². The Labute approximate surface area is 120 Å². The van der Waals surface area contributed by atoms with Crippen LogP contribution in [0.3, 0.4) is 0 Å². The first-order chi connectivity index (χ1) is 9.61. The molecule has 0 atom stereocenters. The van der Waals surface area contributed by atoms with Crippen molar-refractivity contribution in [2.75, 3.05) is 19.9 Å². The molecule has 0 unspecified atom stereocenters. The zero-order chi connectivity index (χ0) is 14.8.